The first-order chi connectivity index (χ1) is 59.8. The molecule has 0 saturated heterocycles. The van der Waals surface area contributed by atoms with Crippen molar-refractivity contribution in [2.75, 3.05) is 39.9 Å². The molecule has 19 nitrogen and oxygen atoms in total. The number of aliphatic hydroxyl groups is 1. The van der Waals surface area contributed by atoms with Gasteiger partial charge in [-0.25, -0.2) is 19.9 Å². The van der Waals surface area contributed by atoms with Gasteiger partial charge in [0.2, 0.25) is 0 Å². The fourth-order valence-corrected chi connectivity index (χ4v) is 14.2. The molecule has 0 radical (unpaired) electrons. The van der Waals surface area contributed by atoms with Crippen LogP contribution in [-0.4, -0.2) is 73.0 Å². The standard InChI is InChI=1S/C26H20ClN3O.C26H22N4O.C25H21N3O.C15H14O3.C7H9N.C3H2N2.2CH4/c2*1-31-21-14-12-19(13-15-21)22-23-25(27)28-17-29-26(23)30(16-18-8-4-2-5-9-18)24(22)20-10-6-3-7-11-20;1-29-21-14-12-19(13-15-21)23-22(16-26)25(27)28(17-18-8-4-2-5-9-18)24(23)20-10-6-3-7-11-20;1-18-13-9-7-12(8-10-13)15(17)14(16)11-5-3-2-4-6-11;8-6-7-4-2-1-3-5-7;4-2-1-3-5;;/h2-15,17H,16H2,1H3;2-15,17H,16H2,1H3,(H2,27,28,29);2-15H,17,27H2,1H3;2-10,14,16H,1H3;1-5H,6,8H2;1H2;2*1H4. The maximum absolute atomic E-state index is 12.1. The third kappa shape index (κ3) is 22.2. The molecular formula is C104H96ClN13O6. The first-order valence-corrected chi connectivity index (χ1v) is 39.4. The van der Waals surface area contributed by atoms with Crippen LogP contribution in [0, 0.1) is 34.0 Å². The number of hydrogen-bond acceptors (Lipinski definition) is 16. The highest BCUT2D eigenvalue weighted by atomic mass is 35.5. The van der Waals surface area contributed by atoms with Gasteiger partial charge in [0, 0.05) is 48.4 Å². The number of aliphatic hydroxyl groups excluding tert-OH is 1. The molecule has 1 unspecified atom stereocenters. The van der Waals surface area contributed by atoms with Crippen LogP contribution < -0.4 is 36.1 Å². The highest BCUT2D eigenvalue weighted by Gasteiger charge is 2.28. The molecule has 1 atom stereocenters. The van der Waals surface area contributed by atoms with Crippen molar-refractivity contribution >= 4 is 51.1 Å². The molecule has 0 spiro atoms. The summed E-state index contributed by atoms with van der Waals surface area (Å²) in [4.78, 5) is 30.0. The van der Waals surface area contributed by atoms with Crippen LogP contribution in [0.1, 0.15) is 71.1 Å². The van der Waals surface area contributed by atoms with Crippen LogP contribution in [0.5, 0.6) is 23.0 Å². The molecule has 0 fully saturated rings. The van der Waals surface area contributed by atoms with Crippen molar-refractivity contribution in [3.05, 3.63) is 396 Å². The Kier molecular flexibility index (Phi) is 33.2. The lowest BCUT2D eigenvalue weighted by atomic mass is 9.98. The third-order valence-corrected chi connectivity index (χ3v) is 20.2. The van der Waals surface area contributed by atoms with E-state index in [1.807, 2.05) is 187 Å². The molecule has 5 heterocycles. The van der Waals surface area contributed by atoms with E-state index in [2.05, 4.69) is 144 Å². The lowest BCUT2D eigenvalue weighted by Gasteiger charge is -2.14. The van der Waals surface area contributed by atoms with Gasteiger partial charge >= 0.3 is 0 Å². The van der Waals surface area contributed by atoms with Gasteiger partial charge < -0.3 is 55.0 Å². The predicted octanol–water partition coefficient (Wildman–Crippen LogP) is 22.7. The molecular weight excluding hydrogens is 1560 g/mol. The van der Waals surface area contributed by atoms with E-state index >= 15 is 0 Å². The summed E-state index contributed by atoms with van der Waals surface area (Å²) in [5.41, 5.74) is 38.3. The van der Waals surface area contributed by atoms with E-state index in [9.17, 15) is 15.2 Å². The van der Waals surface area contributed by atoms with Gasteiger partial charge in [0.25, 0.3) is 0 Å². The number of ketones is 1. The van der Waals surface area contributed by atoms with Crippen molar-refractivity contribution in [1.29, 1.82) is 15.8 Å². The zero-order valence-electron chi connectivity index (χ0n) is 67.7. The number of anilines is 2. The highest BCUT2D eigenvalue weighted by Crippen LogP contribution is 2.46. The van der Waals surface area contributed by atoms with Gasteiger partial charge in [-0.15, -0.1) is 0 Å². The first-order valence-electron chi connectivity index (χ1n) is 39.0. The molecule has 12 aromatic carbocycles. The van der Waals surface area contributed by atoms with E-state index in [4.69, 9.17) is 58.3 Å². The number of nitriles is 3. The van der Waals surface area contributed by atoms with Crippen LogP contribution in [0.15, 0.2) is 352 Å². The van der Waals surface area contributed by atoms with Crippen LogP contribution >= 0.6 is 11.6 Å². The lowest BCUT2D eigenvalue weighted by molar-refractivity contribution is 0.0747. The number of aromatic nitrogens is 7. The number of fused-ring (bicyclic) bond motifs is 2. The minimum atomic E-state index is -1.13. The Morgan fingerprint density at radius 1 is 0.395 bits per heavy atom. The molecule has 5 aromatic heterocycles. The fourth-order valence-electron chi connectivity index (χ4n) is 14.0. The number of benzene rings is 12. The van der Waals surface area contributed by atoms with Gasteiger partial charge in [-0.05, 0) is 122 Å². The predicted molar refractivity (Wildman–Crippen MR) is 499 cm³/mol. The van der Waals surface area contributed by atoms with Gasteiger partial charge in [-0.1, -0.05) is 306 Å². The fraction of sp³-hybridized carbons (Fsp3) is 0.115. The summed E-state index contributed by atoms with van der Waals surface area (Å²) in [6.45, 7) is 2.57. The molecule has 620 valence electrons. The number of carbonyl (C=O) groups is 1. The van der Waals surface area contributed by atoms with Crippen molar-refractivity contribution in [2.45, 2.75) is 53.6 Å². The zero-order chi connectivity index (χ0) is 85.5. The summed E-state index contributed by atoms with van der Waals surface area (Å²) in [5.74, 6) is 3.69. The second-order valence-electron chi connectivity index (χ2n) is 27.5. The summed E-state index contributed by atoms with van der Waals surface area (Å²) in [6, 6.07) is 117. The van der Waals surface area contributed by atoms with Crippen LogP contribution in [0.2, 0.25) is 5.15 Å². The Bertz CT molecular complexity index is 6130. The Labute approximate surface area is 729 Å². The molecule has 0 aliphatic heterocycles. The number of methoxy groups -OCH3 is 4. The van der Waals surface area contributed by atoms with Crippen LogP contribution in [-0.2, 0) is 26.2 Å². The van der Waals surface area contributed by atoms with Crippen molar-refractivity contribution in [2.24, 2.45) is 5.73 Å². The number of hydrogen-bond donors (Lipinski definition) is 4. The van der Waals surface area contributed by atoms with Gasteiger partial charge in [-0.3, -0.25) is 4.79 Å². The summed E-state index contributed by atoms with van der Waals surface area (Å²) in [6.07, 6.45) is 1.93. The average Bonchev–Trinajstić information content (AvgIpc) is 1.70. The maximum atomic E-state index is 12.1. The van der Waals surface area contributed by atoms with Crippen molar-refractivity contribution < 1.29 is 28.8 Å². The molecule has 124 heavy (non-hydrogen) atoms. The summed E-state index contributed by atoms with van der Waals surface area (Å²) < 4.78 is 27.5. The zero-order valence-corrected chi connectivity index (χ0v) is 68.4. The monoisotopic (exact) mass is 1660 g/mol. The summed E-state index contributed by atoms with van der Waals surface area (Å²) >= 11 is 6.66. The van der Waals surface area contributed by atoms with Crippen LogP contribution in [0.3, 0.4) is 0 Å². The number of carbonyl (C=O) groups excluding carboxylic acids is 1. The van der Waals surface area contributed by atoms with Gasteiger partial charge in [0.15, 0.2) is 5.78 Å². The van der Waals surface area contributed by atoms with Crippen LogP contribution in [0.25, 0.3) is 89.2 Å². The van der Waals surface area contributed by atoms with E-state index in [1.165, 1.54) is 29.3 Å². The number of rotatable bonds is 20. The molecule has 0 saturated carbocycles. The molecule has 7 N–H and O–H groups in total. The van der Waals surface area contributed by atoms with Crippen molar-refractivity contribution in [3.8, 4) is 108 Å². The highest BCUT2D eigenvalue weighted by molar-refractivity contribution is 6.35. The molecule has 0 aliphatic rings. The Morgan fingerprint density at radius 3 is 1.06 bits per heavy atom. The number of nitrogens with two attached hydrogens (primary N) is 3. The van der Waals surface area contributed by atoms with Gasteiger partial charge in [0.1, 0.15) is 87.9 Å². The Hall–Kier alpha value is -15.7. The molecule has 17 rings (SSSR count). The topological polar surface area (TPSA) is 290 Å². The van der Waals surface area contributed by atoms with E-state index in [0.717, 1.165) is 112 Å². The lowest BCUT2D eigenvalue weighted by Crippen LogP contribution is -2.12. The Morgan fingerprint density at radius 2 is 0.710 bits per heavy atom. The second-order valence-corrected chi connectivity index (χ2v) is 27.8. The third-order valence-electron chi connectivity index (χ3n) is 19.9. The smallest absolute Gasteiger partial charge is 0.195 e. The summed E-state index contributed by atoms with van der Waals surface area (Å²) in [5, 5.41) is 37.3. The molecule has 0 bridgehead atoms. The molecule has 0 amide bonds. The van der Waals surface area contributed by atoms with Crippen molar-refractivity contribution in [3.63, 3.8) is 0 Å². The number of Topliss-reactive ketones (excluding diaryl/α,β-unsaturated/α-hetero) is 1. The number of halogens is 1. The quantitative estimate of drug-likeness (QED) is 0.0407. The van der Waals surface area contributed by atoms with Gasteiger partial charge in [0.05, 0.1) is 68.4 Å². The minimum Gasteiger partial charge on any atom is -0.497 e. The SMILES string of the molecule is C.C.COc1ccc(-c2c(-c3ccccc3)n(Cc3ccccc3)c3ncnc(Cl)c23)cc1.COc1ccc(-c2c(-c3ccccc3)n(Cc3ccccc3)c3ncnc(N)c23)cc1.COc1ccc(-c2c(C#N)c(N)n(Cc3ccccc3)c2-c2ccccc2)cc1.COc1ccc(C(=O)C(O)c2ccccc2)cc1.N#CCC#N.NCc1ccccc1. The molecule has 20 heteroatoms. The molecule has 0 aliphatic carbocycles. The Balaban J connectivity index is 0.000000166. The largest absolute Gasteiger partial charge is 0.497 e. The number of nitrogen functional groups attached to an aromatic ring is 2. The number of ether oxygens (including phenoxy) is 4. The van der Waals surface area contributed by atoms with Crippen molar-refractivity contribution in [1.82, 2.24) is 33.6 Å². The second kappa shape index (κ2) is 45.5. The van der Waals surface area contributed by atoms with E-state index in [1.54, 1.807) is 89.1 Å². The first kappa shape index (κ1) is 90.6. The van der Waals surface area contributed by atoms with E-state index in [0.29, 0.717) is 65.4 Å². The van der Waals surface area contributed by atoms with E-state index < -0.39 is 6.10 Å². The number of nitrogens with zero attached hydrogens (tertiary/aromatic N) is 10. The van der Waals surface area contributed by atoms with Crippen LogP contribution in [0.4, 0.5) is 11.6 Å². The normalized spacial score (nSPS) is 10.5. The average molecular weight is 1660 g/mol. The molecule has 17 aromatic rings. The maximum Gasteiger partial charge on any atom is 0.195 e. The van der Waals surface area contributed by atoms with Gasteiger partial charge in [-0.2, -0.15) is 15.8 Å². The summed E-state index contributed by atoms with van der Waals surface area (Å²) in [7, 11) is 6.54. The minimum absolute atomic E-state index is 0. The van der Waals surface area contributed by atoms with E-state index in [-0.39, 0.29) is 27.1 Å².